The number of hydrogen-bond acceptors (Lipinski definition) is 3. The first kappa shape index (κ1) is 20.9. The maximum absolute atomic E-state index is 13.7. The molecule has 3 heterocycles. The summed E-state index contributed by atoms with van der Waals surface area (Å²) in [4.78, 5) is 32.0. The normalized spacial score (nSPS) is 17.3. The van der Waals surface area contributed by atoms with E-state index in [-0.39, 0.29) is 17.6 Å². The number of benzene rings is 3. The number of aromatic nitrogens is 1. The average Bonchev–Trinajstić information content (AvgIpc) is 3.47. The van der Waals surface area contributed by atoms with Crippen molar-refractivity contribution in [2.24, 2.45) is 5.73 Å². The monoisotopic (exact) mass is 474 g/mol. The Kier molecular flexibility index (Phi) is 4.71. The van der Waals surface area contributed by atoms with E-state index in [0.717, 1.165) is 44.9 Å². The number of primary amides is 1. The third-order valence-electron chi connectivity index (χ3n) is 7.14. The maximum Gasteiger partial charge on any atom is 0.319 e. The molecule has 0 saturated heterocycles. The minimum atomic E-state index is -0.476. The maximum atomic E-state index is 13.7. The number of nitrogens with zero attached hydrogens (tertiary/aromatic N) is 2. The summed E-state index contributed by atoms with van der Waals surface area (Å²) >= 11 is 6.33. The number of fused-ring (bicyclic) bond motifs is 6. The fraction of sp³-hybridized carbons (Fsp3) is 0.231. The van der Waals surface area contributed by atoms with Crippen molar-refractivity contribution < 1.29 is 14.7 Å². The Labute approximate surface area is 200 Å². The molecule has 34 heavy (non-hydrogen) atoms. The number of phenolic OH excluding ortho intramolecular Hbond substituents is 1. The molecule has 0 fully saturated rings. The SMILES string of the molecule is NC(=O)N1CCc2c1ccc1[nH]c(C(=O)N3CCC(CCl)c4c3cc(O)c3ccccc43)cc21. The lowest BCUT2D eigenvalue weighted by atomic mass is 9.86. The predicted molar refractivity (Wildman–Crippen MR) is 134 cm³/mol. The van der Waals surface area contributed by atoms with E-state index in [2.05, 4.69) is 4.98 Å². The number of rotatable bonds is 2. The summed E-state index contributed by atoms with van der Waals surface area (Å²) in [6.45, 7) is 1.04. The standard InChI is InChI=1S/C26H23ClN4O3/c27-13-14-7-9-30(22-12-23(32)16-3-1-2-4-17(16)24(14)22)25(33)20-11-18-15-8-10-31(26(28)34)21(15)6-5-19(18)29-20/h1-6,11-12,14,29,32H,7-10,13H2,(H2,28,34). The summed E-state index contributed by atoms with van der Waals surface area (Å²) in [6, 6.07) is 14.5. The molecule has 172 valence electrons. The van der Waals surface area contributed by atoms with E-state index in [0.29, 0.717) is 36.8 Å². The Bertz CT molecular complexity index is 1490. The molecular weight excluding hydrogens is 452 g/mol. The van der Waals surface area contributed by atoms with E-state index in [4.69, 9.17) is 17.3 Å². The van der Waals surface area contributed by atoms with E-state index in [1.807, 2.05) is 42.5 Å². The molecule has 4 N–H and O–H groups in total. The van der Waals surface area contributed by atoms with Gasteiger partial charge in [0.05, 0.1) is 5.69 Å². The lowest BCUT2D eigenvalue weighted by Gasteiger charge is -2.34. The number of hydrogen-bond donors (Lipinski definition) is 3. The highest BCUT2D eigenvalue weighted by atomic mass is 35.5. The van der Waals surface area contributed by atoms with Crippen LogP contribution in [0.4, 0.5) is 16.2 Å². The van der Waals surface area contributed by atoms with Crippen LogP contribution < -0.4 is 15.5 Å². The Hall–Kier alpha value is -3.71. The van der Waals surface area contributed by atoms with Crippen LogP contribution in [0.3, 0.4) is 0 Å². The highest BCUT2D eigenvalue weighted by molar-refractivity contribution is 6.19. The van der Waals surface area contributed by atoms with Gasteiger partial charge in [0.2, 0.25) is 0 Å². The number of nitrogens with two attached hydrogens (primary N) is 1. The van der Waals surface area contributed by atoms with Gasteiger partial charge in [-0.3, -0.25) is 9.69 Å². The van der Waals surface area contributed by atoms with Gasteiger partial charge < -0.3 is 20.7 Å². The van der Waals surface area contributed by atoms with Crippen molar-refractivity contribution in [1.29, 1.82) is 0 Å². The quantitative estimate of drug-likeness (QED) is 0.362. The molecular formula is C26H23ClN4O3. The van der Waals surface area contributed by atoms with Crippen molar-refractivity contribution in [2.45, 2.75) is 18.8 Å². The molecule has 1 atom stereocenters. The molecule has 0 bridgehead atoms. The Morgan fingerprint density at radius 2 is 1.82 bits per heavy atom. The van der Waals surface area contributed by atoms with Gasteiger partial charge in [-0.05, 0) is 47.6 Å². The number of anilines is 2. The number of phenols is 1. The smallest absolute Gasteiger partial charge is 0.319 e. The van der Waals surface area contributed by atoms with E-state index in [1.54, 1.807) is 15.9 Å². The van der Waals surface area contributed by atoms with Crippen LogP contribution in [0, 0.1) is 0 Å². The van der Waals surface area contributed by atoms with Crippen LogP contribution in [0.2, 0.25) is 0 Å². The molecule has 2 aliphatic rings. The van der Waals surface area contributed by atoms with E-state index >= 15 is 0 Å². The number of urea groups is 1. The molecule has 8 heteroatoms. The first-order chi connectivity index (χ1) is 16.5. The summed E-state index contributed by atoms with van der Waals surface area (Å²) in [7, 11) is 0. The first-order valence-electron chi connectivity index (χ1n) is 11.3. The van der Waals surface area contributed by atoms with Crippen molar-refractivity contribution in [3.8, 4) is 5.75 Å². The second kappa shape index (κ2) is 7.67. The van der Waals surface area contributed by atoms with Crippen molar-refractivity contribution in [3.05, 3.63) is 65.4 Å². The summed E-state index contributed by atoms with van der Waals surface area (Å²) in [6.07, 6.45) is 1.42. The molecule has 1 aromatic heterocycles. The summed E-state index contributed by atoms with van der Waals surface area (Å²) in [5, 5.41) is 13.3. The number of aromatic amines is 1. The Morgan fingerprint density at radius 1 is 1.03 bits per heavy atom. The molecule has 0 spiro atoms. The fourth-order valence-electron chi connectivity index (χ4n) is 5.53. The minimum absolute atomic E-state index is 0.0944. The average molecular weight is 475 g/mol. The van der Waals surface area contributed by atoms with Crippen molar-refractivity contribution in [3.63, 3.8) is 0 Å². The number of alkyl halides is 1. The van der Waals surface area contributed by atoms with Crippen LogP contribution in [0.1, 0.15) is 34.0 Å². The van der Waals surface area contributed by atoms with E-state index < -0.39 is 6.03 Å². The molecule has 3 aromatic carbocycles. The van der Waals surface area contributed by atoms with E-state index in [9.17, 15) is 14.7 Å². The number of amides is 3. The third-order valence-corrected chi connectivity index (χ3v) is 7.51. The van der Waals surface area contributed by atoms with Gasteiger partial charge in [0.1, 0.15) is 11.4 Å². The lowest BCUT2D eigenvalue weighted by molar-refractivity contribution is 0.0980. The van der Waals surface area contributed by atoms with Gasteiger partial charge >= 0.3 is 6.03 Å². The van der Waals surface area contributed by atoms with Gasteiger partial charge in [0.25, 0.3) is 5.91 Å². The van der Waals surface area contributed by atoms with Crippen LogP contribution >= 0.6 is 11.6 Å². The van der Waals surface area contributed by atoms with Crippen molar-refractivity contribution in [2.75, 3.05) is 28.8 Å². The number of halogens is 1. The van der Waals surface area contributed by atoms with Gasteiger partial charge in [-0.1, -0.05) is 24.3 Å². The zero-order valence-corrected chi connectivity index (χ0v) is 19.1. The van der Waals surface area contributed by atoms with Gasteiger partial charge in [-0.15, -0.1) is 11.6 Å². The Balaban J connectivity index is 1.46. The summed E-state index contributed by atoms with van der Waals surface area (Å²) in [5.74, 6) is 0.512. The van der Waals surface area contributed by atoms with Crippen LogP contribution in [0.5, 0.6) is 5.75 Å². The topological polar surface area (TPSA) is 103 Å². The van der Waals surface area contributed by atoms with Crippen molar-refractivity contribution in [1.82, 2.24) is 4.98 Å². The molecule has 0 radical (unpaired) electrons. The lowest BCUT2D eigenvalue weighted by Crippen LogP contribution is -2.37. The van der Waals surface area contributed by atoms with Crippen LogP contribution in [0.15, 0.2) is 48.5 Å². The van der Waals surface area contributed by atoms with Gasteiger partial charge in [-0.25, -0.2) is 4.79 Å². The molecule has 3 amide bonds. The number of nitrogens with one attached hydrogen (secondary N) is 1. The second-order valence-corrected chi connectivity index (χ2v) is 9.23. The largest absolute Gasteiger partial charge is 0.507 e. The van der Waals surface area contributed by atoms with Crippen LogP contribution in [-0.2, 0) is 6.42 Å². The van der Waals surface area contributed by atoms with Gasteiger partial charge in [0.15, 0.2) is 0 Å². The number of carbonyl (C=O) groups excluding carboxylic acids is 2. The highest BCUT2D eigenvalue weighted by Gasteiger charge is 2.33. The third kappa shape index (κ3) is 2.97. The molecule has 2 aliphatic heterocycles. The number of H-pyrrole nitrogens is 1. The van der Waals surface area contributed by atoms with Gasteiger partial charge in [-0.2, -0.15) is 0 Å². The second-order valence-electron chi connectivity index (χ2n) is 8.92. The Morgan fingerprint density at radius 3 is 2.59 bits per heavy atom. The van der Waals surface area contributed by atoms with Gasteiger partial charge in [0, 0.05) is 52.9 Å². The first-order valence-corrected chi connectivity index (χ1v) is 11.9. The van der Waals surface area contributed by atoms with Crippen LogP contribution in [-0.4, -0.2) is 41.0 Å². The predicted octanol–water partition coefficient (Wildman–Crippen LogP) is 4.84. The number of aromatic hydroxyl groups is 1. The molecule has 6 rings (SSSR count). The highest BCUT2D eigenvalue weighted by Crippen LogP contribution is 2.45. The van der Waals surface area contributed by atoms with E-state index in [1.165, 1.54) is 0 Å². The zero-order chi connectivity index (χ0) is 23.6. The van der Waals surface area contributed by atoms with Crippen molar-refractivity contribution >= 4 is 56.6 Å². The molecule has 0 saturated carbocycles. The summed E-state index contributed by atoms with van der Waals surface area (Å²) in [5.41, 5.74) is 10.3. The van der Waals surface area contributed by atoms with Crippen LogP contribution in [0.25, 0.3) is 21.7 Å². The fourth-order valence-corrected chi connectivity index (χ4v) is 5.84. The zero-order valence-electron chi connectivity index (χ0n) is 18.3. The molecule has 1 unspecified atom stereocenters. The molecule has 0 aliphatic carbocycles. The molecule has 7 nitrogen and oxygen atoms in total. The minimum Gasteiger partial charge on any atom is -0.507 e. The molecule has 4 aromatic rings. The number of carbonyl (C=O) groups is 2. The summed E-state index contributed by atoms with van der Waals surface area (Å²) < 4.78 is 0.